The second kappa shape index (κ2) is 6.13. The first-order valence-electron chi connectivity index (χ1n) is 9.96. The van der Waals surface area contributed by atoms with Gasteiger partial charge in [0.05, 0.1) is 5.52 Å². The zero-order valence-corrected chi connectivity index (χ0v) is 16.2. The van der Waals surface area contributed by atoms with Crippen LogP contribution in [0, 0.1) is 0 Å². The standard InChI is InChI=1S/C26H25N/c1-4-17(2)12-13-18(3)19-14-15-25-23(16-19)22-10-7-9-21-20-8-5-6-11-24(20)27(25)26(21)22/h4-5,7-10,12-13,16H,3,6,11,14-15H2,1-2H3/b13-12-,17-4-. The fourth-order valence-electron chi connectivity index (χ4n) is 4.65. The summed E-state index contributed by atoms with van der Waals surface area (Å²) in [6, 6.07) is 6.79. The van der Waals surface area contributed by atoms with Gasteiger partial charge in [-0.2, -0.15) is 0 Å². The molecule has 0 amide bonds. The van der Waals surface area contributed by atoms with Crippen LogP contribution in [0.4, 0.5) is 0 Å². The molecule has 5 rings (SSSR count). The van der Waals surface area contributed by atoms with Crippen molar-refractivity contribution in [1.29, 1.82) is 0 Å². The molecule has 2 aliphatic rings. The van der Waals surface area contributed by atoms with E-state index in [9.17, 15) is 0 Å². The Hall–Kier alpha value is -2.80. The molecule has 3 aromatic rings. The van der Waals surface area contributed by atoms with Crippen molar-refractivity contribution in [3.05, 3.63) is 88.3 Å². The quantitative estimate of drug-likeness (QED) is 0.452. The second-order valence-corrected chi connectivity index (χ2v) is 7.76. The number of hydrogen-bond donors (Lipinski definition) is 0. The molecule has 0 spiro atoms. The zero-order valence-electron chi connectivity index (χ0n) is 16.2. The number of benzene rings is 1. The molecule has 0 atom stereocenters. The van der Waals surface area contributed by atoms with Gasteiger partial charge in [-0.1, -0.05) is 60.7 Å². The summed E-state index contributed by atoms with van der Waals surface area (Å²) in [5, 5.41) is 2.80. The summed E-state index contributed by atoms with van der Waals surface area (Å²) in [7, 11) is 0. The van der Waals surface area contributed by atoms with E-state index in [1.165, 1.54) is 50.0 Å². The molecule has 134 valence electrons. The van der Waals surface area contributed by atoms with E-state index in [0.717, 1.165) is 31.3 Å². The van der Waals surface area contributed by atoms with Crippen LogP contribution >= 0.6 is 0 Å². The molecule has 2 heterocycles. The number of rotatable bonds is 3. The monoisotopic (exact) mass is 351 g/mol. The van der Waals surface area contributed by atoms with Crippen LogP contribution in [0.15, 0.2) is 65.8 Å². The highest BCUT2D eigenvalue weighted by atomic mass is 14.9. The average molecular weight is 351 g/mol. The number of allylic oxidation sites excluding steroid dienone is 7. The number of hydrogen-bond acceptors (Lipinski definition) is 0. The van der Waals surface area contributed by atoms with Crippen LogP contribution in [-0.4, -0.2) is 4.40 Å². The van der Waals surface area contributed by atoms with Crippen molar-refractivity contribution in [1.82, 2.24) is 4.40 Å². The van der Waals surface area contributed by atoms with Crippen LogP contribution in [0.5, 0.6) is 0 Å². The smallest absolute Gasteiger partial charge is 0.0613 e. The van der Waals surface area contributed by atoms with Gasteiger partial charge in [-0.25, -0.2) is 0 Å². The minimum atomic E-state index is 1.06. The number of fused-ring (bicyclic) bond motifs is 6. The van der Waals surface area contributed by atoms with E-state index in [1.54, 1.807) is 0 Å². The van der Waals surface area contributed by atoms with Gasteiger partial charge in [0.25, 0.3) is 0 Å². The molecule has 0 radical (unpaired) electrons. The first kappa shape index (κ1) is 16.4. The lowest BCUT2D eigenvalue weighted by Gasteiger charge is -2.17. The minimum absolute atomic E-state index is 1.06. The maximum Gasteiger partial charge on any atom is 0.0613 e. The fraction of sp³-hybridized carbons (Fsp3) is 0.231. The molecule has 0 bridgehead atoms. The van der Waals surface area contributed by atoms with Gasteiger partial charge in [0.1, 0.15) is 0 Å². The second-order valence-electron chi connectivity index (χ2n) is 7.76. The normalized spacial score (nSPS) is 17.0. The SMILES string of the molecule is C=C(/C=C\C(C)=C/C)C1=Cc2c(n3c4c(c5cccc2c53)C=CCC4)CC1. The summed E-state index contributed by atoms with van der Waals surface area (Å²) in [6.07, 6.45) is 17.9. The van der Waals surface area contributed by atoms with Crippen LogP contribution < -0.4 is 0 Å². The van der Waals surface area contributed by atoms with Crippen LogP contribution in [0.1, 0.15) is 49.2 Å². The van der Waals surface area contributed by atoms with Crippen LogP contribution in [-0.2, 0) is 12.8 Å². The number of aromatic nitrogens is 1. The Morgan fingerprint density at radius 2 is 1.81 bits per heavy atom. The molecule has 0 saturated heterocycles. The summed E-state index contributed by atoms with van der Waals surface area (Å²) in [4.78, 5) is 0. The third kappa shape index (κ3) is 2.38. The minimum Gasteiger partial charge on any atom is -0.315 e. The van der Waals surface area contributed by atoms with Crippen molar-refractivity contribution in [2.45, 2.75) is 39.5 Å². The molecule has 1 aromatic carbocycles. The van der Waals surface area contributed by atoms with Crippen LogP contribution in [0.25, 0.3) is 28.4 Å². The third-order valence-electron chi connectivity index (χ3n) is 6.20. The lowest BCUT2D eigenvalue weighted by Crippen LogP contribution is -2.05. The van der Waals surface area contributed by atoms with Gasteiger partial charge in [0, 0.05) is 33.3 Å². The maximum atomic E-state index is 4.33. The van der Waals surface area contributed by atoms with E-state index < -0.39 is 0 Å². The van der Waals surface area contributed by atoms with Crippen LogP contribution in [0.3, 0.4) is 0 Å². The van der Waals surface area contributed by atoms with Crippen molar-refractivity contribution in [3.8, 4) is 0 Å². The maximum absolute atomic E-state index is 4.33. The summed E-state index contributed by atoms with van der Waals surface area (Å²) in [5.41, 5.74) is 11.0. The molecule has 1 nitrogen and oxygen atoms in total. The average Bonchev–Trinajstić information content (AvgIpc) is 3.23. The van der Waals surface area contributed by atoms with Crippen molar-refractivity contribution in [2.24, 2.45) is 0 Å². The summed E-state index contributed by atoms with van der Waals surface area (Å²) in [6.45, 7) is 8.53. The van der Waals surface area contributed by atoms with Gasteiger partial charge in [0.15, 0.2) is 0 Å². The molecule has 0 N–H and O–H groups in total. The van der Waals surface area contributed by atoms with Gasteiger partial charge in [-0.3, -0.25) is 0 Å². The molecular formula is C26H25N. The predicted octanol–water partition coefficient (Wildman–Crippen LogP) is 6.90. The largest absolute Gasteiger partial charge is 0.315 e. The van der Waals surface area contributed by atoms with Gasteiger partial charge in [-0.05, 0) is 56.8 Å². The lowest BCUT2D eigenvalue weighted by atomic mass is 9.90. The van der Waals surface area contributed by atoms with E-state index in [4.69, 9.17) is 0 Å². The summed E-state index contributed by atoms with van der Waals surface area (Å²) < 4.78 is 2.58. The Morgan fingerprint density at radius 1 is 1.04 bits per heavy atom. The zero-order chi connectivity index (χ0) is 18.5. The van der Waals surface area contributed by atoms with Crippen molar-refractivity contribution < 1.29 is 0 Å². The highest BCUT2D eigenvalue weighted by Crippen LogP contribution is 2.42. The van der Waals surface area contributed by atoms with Gasteiger partial charge in [0.2, 0.25) is 0 Å². The highest BCUT2D eigenvalue weighted by molar-refractivity contribution is 6.07. The first-order chi connectivity index (χ1) is 13.2. The van der Waals surface area contributed by atoms with Crippen molar-refractivity contribution in [2.75, 3.05) is 0 Å². The molecule has 0 fully saturated rings. The summed E-state index contributed by atoms with van der Waals surface area (Å²) >= 11 is 0. The lowest BCUT2D eigenvalue weighted by molar-refractivity contribution is 0.835. The fourth-order valence-corrected chi connectivity index (χ4v) is 4.65. The Bertz CT molecular complexity index is 1190. The molecule has 1 heteroatoms. The highest BCUT2D eigenvalue weighted by Gasteiger charge is 2.26. The van der Waals surface area contributed by atoms with E-state index in [0.29, 0.717) is 0 Å². The van der Waals surface area contributed by atoms with E-state index in [1.807, 2.05) is 0 Å². The number of nitrogens with zero attached hydrogens (tertiary/aromatic N) is 1. The van der Waals surface area contributed by atoms with E-state index in [2.05, 4.69) is 79.5 Å². The topological polar surface area (TPSA) is 4.41 Å². The van der Waals surface area contributed by atoms with E-state index >= 15 is 0 Å². The Labute approximate surface area is 161 Å². The third-order valence-corrected chi connectivity index (χ3v) is 6.20. The van der Waals surface area contributed by atoms with E-state index in [-0.39, 0.29) is 0 Å². The van der Waals surface area contributed by atoms with Gasteiger partial charge in [-0.15, -0.1) is 0 Å². The molecule has 27 heavy (non-hydrogen) atoms. The Kier molecular flexibility index (Phi) is 3.72. The molecule has 0 aliphatic heterocycles. The first-order valence-corrected chi connectivity index (χ1v) is 9.96. The molecule has 0 saturated carbocycles. The van der Waals surface area contributed by atoms with Gasteiger partial charge >= 0.3 is 0 Å². The van der Waals surface area contributed by atoms with Crippen LogP contribution in [0.2, 0.25) is 0 Å². The number of aryl methyl sites for hydroxylation is 2. The van der Waals surface area contributed by atoms with Gasteiger partial charge < -0.3 is 4.40 Å². The molecule has 2 aromatic heterocycles. The number of para-hydroxylation sites is 1. The summed E-state index contributed by atoms with van der Waals surface area (Å²) in [5.74, 6) is 0. The molecular weight excluding hydrogens is 326 g/mol. The molecule has 0 unspecified atom stereocenters. The van der Waals surface area contributed by atoms with Crippen molar-refractivity contribution >= 4 is 28.4 Å². The molecule has 2 aliphatic carbocycles. The Balaban J connectivity index is 1.68. The van der Waals surface area contributed by atoms with Crippen molar-refractivity contribution in [3.63, 3.8) is 0 Å². The predicted molar refractivity (Wildman–Crippen MR) is 117 cm³/mol. The Morgan fingerprint density at radius 3 is 2.63 bits per heavy atom.